The van der Waals surface area contributed by atoms with Gasteiger partial charge >= 0.3 is 0 Å². The zero-order valence-electron chi connectivity index (χ0n) is 11.0. The van der Waals surface area contributed by atoms with Gasteiger partial charge in [-0.15, -0.1) is 0 Å². The molecule has 1 heterocycles. The molecule has 0 spiro atoms. The van der Waals surface area contributed by atoms with Crippen molar-refractivity contribution in [2.45, 2.75) is 32.4 Å². The zero-order valence-corrected chi connectivity index (χ0v) is 11.0. The molecular formula is C14H19N3O2. The molecule has 1 atom stereocenters. The van der Waals surface area contributed by atoms with E-state index in [1.807, 2.05) is 35.8 Å². The molecule has 1 aromatic heterocycles. The summed E-state index contributed by atoms with van der Waals surface area (Å²) in [7, 11) is 0. The Bertz CT molecular complexity index is 550. The summed E-state index contributed by atoms with van der Waals surface area (Å²) in [4.78, 5) is 16.2. The fraction of sp³-hybridized carbons (Fsp3) is 0.429. The smallest absolute Gasteiger partial charge is 0.240 e. The molecule has 0 aliphatic heterocycles. The number of fused-ring (bicyclic) bond motifs is 1. The van der Waals surface area contributed by atoms with E-state index in [4.69, 9.17) is 5.11 Å². The zero-order chi connectivity index (χ0) is 13.7. The highest BCUT2D eigenvalue weighted by Crippen LogP contribution is 2.11. The van der Waals surface area contributed by atoms with Gasteiger partial charge in [0.2, 0.25) is 5.91 Å². The van der Waals surface area contributed by atoms with Gasteiger partial charge in [-0.1, -0.05) is 19.1 Å². The number of aliphatic hydroxyl groups excluding tert-OH is 1. The number of aromatic nitrogens is 2. The number of carbonyl (C=O) groups excluding carboxylic acids is 1. The quantitative estimate of drug-likeness (QED) is 0.824. The van der Waals surface area contributed by atoms with Crippen LogP contribution in [0.5, 0.6) is 0 Å². The Hall–Kier alpha value is -1.88. The van der Waals surface area contributed by atoms with Crippen molar-refractivity contribution in [3.8, 4) is 0 Å². The monoisotopic (exact) mass is 261 g/mol. The molecule has 19 heavy (non-hydrogen) atoms. The Morgan fingerprint density at radius 3 is 3.00 bits per heavy atom. The van der Waals surface area contributed by atoms with Crippen LogP contribution in [0.3, 0.4) is 0 Å². The summed E-state index contributed by atoms with van der Waals surface area (Å²) in [6, 6.07) is 7.75. The van der Waals surface area contributed by atoms with Gasteiger partial charge in [0.25, 0.3) is 0 Å². The van der Waals surface area contributed by atoms with E-state index in [1.54, 1.807) is 6.33 Å². The van der Waals surface area contributed by atoms with Gasteiger partial charge in [-0.2, -0.15) is 0 Å². The SMILES string of the molecule is CCC(CCO)NC(=O)Cn1cnc2ccccc21. The number of nitrogens with one attached hydrogen (secondary N) is 1. The van der Waals surface area contributed by atoms with E-state index in [0.29, 0.717) is 6.42 Å². The Morgan fingerprint density at radius 1 is 1.47 bits per heavy atom. The number of imidazole rings is 1. The highest BCUT2D eigenvalue weighted by Gasteiger charge is 2.11. The van der Waals surface area contributed by atoms with Crippen LogP contribution in [0.1, 0.15) is 19.8 Å². The highest BCUT2D eigenvalue weighted by atomic mass is 16.3. The number of benzene rings is 1. The number of amides is 1. The summed E-state index contributed by atoms with van der Waals surface area (Å²) in [5, 5.41) is 11.8. The first-order valence-corrected chi connectivity index (χ1v) is 6.54. The third-order valence-electron chi connectivity index (χ3n) is 3.18. The van der Waals surface area contributed by atoms with Crippen LogP contribution in [0.15, 0.2) is 30.6 Å². The molecule has 0 fully saturated rings. The number of aliphatic hydroxyl groups is 1. The van der Waals surface area contributed by atoms with Crippen molar-refractivity contribution in [3.05, 3.63) is 30.6 Å². The van der Waals surface area contributed by atoms with Crippen molar-refractivity contribution < 1.29 is 9.90 Å². The minimum Gasteiger partial charge on any atom is -0.396 e. The second-order valence-electron chi connectivity index (χ2n) is 4.55. The van der Waals surface area contributed by atoms with Gasteiger partial charge in [0.1, 0.15) is 6.54 Å². The lowest BCUT2D eigenvalue weighted by atomic mass is 10.1. The average Bonchev–Trinajstić information content (AvgIpc) is 2.82. The molecule has 5 nitrogen and oxygen atoms in total. The molecule has 0 saturated heterocycles. The molecule has 1 aromatic carbocycles. The van der Waals surface area contributed by atoms with E-state index in [-0.39, 0.29) is 25.1 Å². The third-order valence-corrected chi connectivity index (χ3v) is 3.18. The van der Waals surface area contributed by atoms with Crippen molar-refractivity contribution in [2.24, 2.45) is 0 Å². The third kappa shape index (κ3) is 3.32. The van der Waals surface area contributed by atoms with E-state index in [1.165, 1.54) is 0 Å². The second-order valence-corrected chi connectivity index (χ2v) is 4.55. The molecule has 2 N–H and O–H groups in total. The molecule has 2 rings (SSSR count). The van der Waals surface area contributed by atoms with Crippen LogP contribution < -0.4 is 5.32 Å². The van der Waals surface area contributed by atoms with E-state index in [0.717, 1.165) is 17.5 Å². The standard InChI is InChI=1S/C14H19N3O2/c1-2-11(7-8-18)16-14(19)9-17-10-15-12-5-3-4-6-13(12)17/h3-6,10-11,18H,2,7-9H2,1H3,(H,16,19). The van der Waals surface area contributed by atoms with Crippen molar-refractivity contribution in [1.29, 1.82) is 0 Å². The van der Waals surface area contributed by atoms with Gasteiger partial charge in [0.15, 0.2) is 0 Å². The summed E-state index contributed by atoms with van der Waals surface area (Å²) in [6.07, 6.45) is 3.08. The number of hydrogen-bond donors (Lipinski definition) is 2. The minimum atomic E-state index is -0.0524. The van der Waals surface area contributed by atoms with E-state index in [2.05, 4.69) is 10.3 Å². The maximum absolute atomic E-state index is 12.0. The van der Waals surface area contributed by atoms with Crippen molar-refractivity contribution >= 4 is 16.9 Å². The Labute approximate surface area is 112 Å². The first-order chi connectivity index (χ1) is 9.24. The first-order valence-electron chi connectivity index (χ1n) is 6.54. The summed E-state index contributed by atoms with van der Waals surface area (Å²) < 4.78 is 1.83. The van der Waals surface area contributed by atoms with Crippen LogP contribution in [0.25, 0.3) is 11.0 Å². The van der Waals surface area contributed by atoms with Gasteiger partial charge < -0.3 is 15.0 Å². The topological polar surface area (TPSA) is 67.2 Å². The van der Waals surface area contributed by atoms with Crippen LogP contribution in [0.2, 0.25) is 0 Å². The summed E-state index contributed by atoms with van der Waals surface area (Å²) in [5.41, 5.74) is 1.84. The van der Waals surface area contributed by atoms with Gasteiger partial charge in [-0.25, -0.2) is 4.98 Å². The van der Waals surface area contributed by atoms with Gasteiger partial charge in [0.05, 0.1) is 17.4 Å². The normalized spacial score (nSPS) is 12.5. The first kappa shape index (κ1) is 13.5. The van der Waals surface area contributed by atoms with E-state index < -0.39 is 0 Å². The van der Waals surface area contributed by atoms with Crippen molar-refractivity contribution in [1.82, 2.24) is 14.9 Å². The number of nitrogens with zero attached hydrogens (tertiary/aromatic N) is 2. The lowest BCUT2D eigenvalue weighted by Crippen LogP contribution is -2.37. The van der Waals surface area contributed by atoms with Gasteiger partial charge in [-0.05, 0) is 25.0 Å². The van der Waals surface area contributed by atoms with E-state index in [9.17, 15) is 4.79 Å². The minimum absolute atomic E-state index is 0.0345. The summed E-state index contributed by atoms with van der Waals surface area (Å²) in [5.74, 6) is -0.0524. The predicted molar refractivity (Wildman–Crippen MR) is 73.7 cm³/mol. The lowest BCUT2D eigenvalue weighted by Gasteiger charge is -2.16. The molecule has 0 saturated carbocycles. The number of carbonyl (C=O) groups is 1. The van der Waals surface area contributed by atoms with Crippen molar-refractivity contribution in [2.75, 3.05) is 6.61 Å². The molecule has 5 heteroatoms. The number of hydrogen-bond acceptors (Lipinski definition) is 3. The Balaban J connectivity index is 2.02. The number of rotatable bonds is 6. The van der Waals surface area contributed by atoms with Crippen LogP contribution in [0.4, 0.5) is 0 Å². The van der Waals surface area contributed by atoms with Crippen molar-refractivity contribution in [3.63, 3.8) is 0 Å². The molecule has 0 aliphatic rings. The average molecular weight is 261 g/mol. The highest BCUT2D eigenvalue weighted by molar-refractivity contribution is 5.80. The fourth-order valence-corrected chi connectivity index (χ4v) is 2.10. The molecule has 0 bridgehead atoms. The predicted octanol–water partition coefficient (Wildman–Crippen LogP) is 1.31. The van der Waals surface area contributed by atoms with Gasteiger partial charge in [-0.3, -0.25) is 4.79 Å². The lowest BCUT2D eigenvalue weighted by molar-refractivity contribution is -0.122. The Kier molecular flexibility index (Phi) is 4.52. The second kappa shape index (κ2) is 6.33. The summed E-state index contributed by atoms with van der Waals surface area (Å²) in [6.45, 7) is 2.34. The van der Waals surface area contributed by atoms with Gasteiger partial charge in [0, 0.05) is 12.6 Å². The molecular weight excluding hydrogens is 242 g/mol. The van der Waals surface area contributed by atoms with Crippen LogP contribution >= 0.6 is 0 Å². The largest absolute Gasteiger partial charge is 0.396 e. The van der Waals surface area contributed by atoms with E-state index >= 15 is 0 Å². The molecule has 102 valence electrons. The van der Waals surface area contributed by atoms with Crippen LogP contribution in [0, 0.1) is 0 Å². The maximum Gasteiger partial charge on any atom is 0.240 e. The summed E-state index contributed by atoms with van der Waals surface area (Å²) >= 11 is 0. The van der Waals surface area contributed by atoms with Crippen LogP contribution in [-0.4, -0.2) is 33.2 Å². The molecule has 0 radical (unpaired) electrons. The molecule has 1 unspecified atom stereocenters. The maximum atomic E-state index is 12.0. The fourth-order valence-electron chi connectivity index (χ4n) is 2.10. The molecule has 2 aromatic rings. The molecule has 1 amide bonds. The Morgan fingerprint density at radius 2 is 2.26 bits per heavy atom. The molecule has 0 aliphatic carbocycles. The number of para-hydroxylation sites is 2. The van der Waals surface area contributed by atoms with Crippen LogP contribution in [-0.2, 0) is 11.3 Å².